The van der Waals surface area contributed by atoms with Crippen LogP contribution >= 0.6 is 0 Å². The highest BCUT2D eigenvalue weighted by Gasteiger charge is 2.36. The van der Waals surface area contributed by atoms with E-state index < -0.39 is 0 Å². The first-order valence-corrected chi connectivity index (χ1v) is 7.33. The minimum atomic E-state index is 0. The highest BCUT2D eigenvalue weighted by atomic mass is 35.5. The summed E-state index contributed by atoms with van der Waals surface area (Å²) in [5, 5.41) is 5.89. The van der Waals surface area contributed by atoms with Crippen molar-refractivity contribution in [2.45, 2.75) is 18.8 Å². The number of halogens is 1. The van der Waals surface area contributed by atoms with E-state index in [1.165, 1.54) is 16.0 Å². The van der Waals surface area contributed by atoms with Gasteiger partial charge in [-0.25, -0.2) is 0 Å². The van der Waals surface area contributed by atoms with Gasteiger partial charge in [0.05, 0.1) is 38.0 Å². The number of benzene rings is 1. The number of ether oxygens (including phenoxy) is 2. The molecular formula is C15H20ClN3O2. The molecule has 5 nitrogen and oxygen atoms in total. The Bertz CT molecular complexity index is 630. The molecule has 0 spiro atoms. The third-order valence-corrected chi connectivity index (χ3v) is 4.30. The zero-order valence-electron chi connectivity index (χ0n) is 12.1. The van der Waals surface area contributed by atoms with Crippen molar-refractivity contribution in [1.29, 1.82) is 0 Å². The molecule has 0 bridgehead atoms. The average molecular weight is 310 g/mol. The molecule has 0 radical (unpaired) electrons. The molecule has 1 aromatic carbocycles. The number of nitrogens with zero attached hydrogens (tertiary/aromatic N) is 2. The summed E-state index contributed by atoms with van der Waals surface area (Å²) in [5.41, 5.74) is 2.24. The number of rotatable bonds is 1. The molecule has 2 aromatic rings. The molecular weight excluding hydrogens is 290 g/mol. The molecule has 4 rings (SSSR count). The molecule has 1 fully saturated rings. The van der Waals surface area contributed by atoms with Gasteiger partial charge in [0.2, 0.25) is 0 Å². The molecule has 0 aliphatic carbocycles. The molecule has 6 heteroatoms. The molecule has 0 saturated carbocycles. The number of fused-ring (bicyclic) bond motifs is 3. The van der Waals surface area contributed by atoms with E-state index in [9.17, 15) is 0 Å². The van der Waals surface area contributed by atoms with Gasteiger partial charge in [-0.1, -0.05) is 18.2 Å². The summed E-state index contributed by atoms with van der Waals surface area (Å²) in [4.78, 5) is 1.51. The topological polar surface area (TPSA) is 40.7 Å². The molecule has 1 aromatic heterocycles. The number of morpholine rings is 1. The van der Waals surface area contributed by atoms with Gasteiger partial charge in [0.25, 0.3) is 0 Å². The molecule has 1 unspecified atom stereocenters. The van der Waals surface area contributed by atoms with Gasteiger partial charge in [0.15, 0.2) is 0 Å². The molecule has 0 amide bonds. The van der Waals surface area contributed by atoms with Crippen LogP contribution in [0.1, 0.15) is 11.8 Å². The van der Waals surface area contributed by atoms with Gasteiger partial charge in [0.1, 0.15) is 25.3 Å². The van der Waals surface area contributed by atoms with Crippen molar-refractivity contribution in [3.63, 3.8) is 0 Å². The zero-order chi connectivity index (χ0) is 13.5. The van der Waals surface area contributed by atoms with E-state index >= 15 is 0 Å². The highest BCUT2D eigenvalue weighted by Crippen LogP contribution is 2.32. The van der Waals surface area contributed by atoms with Gasteiger partial charge in [-0.05, 0) is 6.07 Å². The van der Waals surface area contributed by atoms with Gasteiger partial charge in [-0.2, -0.15) is 5.10 Å². The van der Waals surface area contributed by atoms with E-state index in [0.717, 1.165) is 31.8 Å². The van der Waals surface area contributed by atoms with E-state index in [1.807, 2.05) is 6.07 Å². The van der Waals surface area contributed by atoms with E-state index in [0.29, 0.717) is 6.61 Å². The normalized spacial score (nSPS) is 28.9. The Labute approximate surface area is 130 Å². The molecule has 3 heterocycles. The van der Waals surface area contributed by atoms with E-state index in [1.54, 1.807) is 0 Å². The highest BCUT2D eigenvalue weighted by molar-refractivity contribution is 5.82. The Morgan fingerprint density at radius 3 is 2.95 bits per heavy atom. The van der Waals surface area contributed by atoms with Gasteiger partial charge >= 0.3 is 0 Å². The van der Waals surface area contributed by atoms with E-state index in [4.69, 9.17) is 14.6 Å². The lowest BCUT2D eigenvalue weighted by atomic mass is 10.0. The van der Waals surface area contributed by atoms with Crippen LogP contribution in [0.3, 0.4) is 0 Å². The van der Waals surface area contributed by atoms with Crippen LogP contribution in [0, 0.1) is 0 Å². The summed E-state index contributed by atoms with van der Waals surface area (Å²) in [6.07, 6.45) is 0.134. The molecule has 21 heavy (non-hydrogen) atoms. The Morgan fingerprint density at radius 1 is 1.24 bits per heavy atom. The molecule has 1 N–H and O–H groups in total. The third kappa shape index (κ3) is 2.55. The first-order valence-electron chi connectivity index (χ1n) is 7.33. The molecule has 114 valence electrons. The maximum absolute atomic E-state index is 6.06. The third-order valence-electron chi connectivity index (χ3n) is 4.30. The Balaban J connectivity index is 0.00000132. The molecule has 3 atom stereocenters. The Morgan fingerprint density at radius 2 is 2.10 bits per heavy atom. The van der Waals surface area contributed by atoms with E-state index in [2.05, 4.69) is 29.9 Å². The summed E-state index contributed by atoms with van der Waals surface area (Å²) in [7, 11) is 2.22. The lowest BCUT2D eigenvalue weighted by Crippen LogP contribution is -3.12. The SMILES string of the molecule is C[NH+]1CCO[C@@H]([C@H]2OCCn3nc4ccccc4c32)C1.[Cl-]. The summed E-state index contributed by atoms with van der Waals surface area (Å²) < 4.78 is 14.1. The van der Waals surface area contributed by atoms with Crippen LogP contribution in [-0.2, 0) is 16.0 Å². The van der Waals surface area contributed by atoms with Crippen LogP contribution in [0.5, 0.6) is 0 Å². The van der Waals surface area contributed by atoms with Crippen molar-refractivity contribution >= 4 is 10.9 Å². The quantitative estimate of drug-likeness (QED) is 0.611. The molecule has 1 saturated heterocycles. The predicted octanol–water partition coefficient (Wildman–Crippen LogP) is -2.97. The maximum Gasteiger partial charge on any atom is 0.138 e. The lowest BCUT2D eigenvalue weighted by Gasteiger charge is -2.35. The van der Waals surface area contributed by atoms with Gasteiger partial charge < -0.3 is 26.8 Å². The van der Waals surface area contributed by atoms with Crippen LogP contribution < -0.4 is 17.3 Å². The molecule has 2 aliphatic rings. The minimum Gasteiger partial charge on any atom is -1.00 e. The monoisotopic (exact) mass is 309 g/mol. The maximum atomic E-state index is 6.06. The number of nitrogens with one attached hydrogen (secondary N) is 1. The van der Waals surface area contributed by atoms with Crippen LogP contribution in [0.2, 0.25) is 0 Å². The van der Waals surface area contributed by atoms with Crippen molar-refractivity contribution in [2.75, 3.05) is 33.4 Å². The number of hydrogen-bond acceptors (Lipinski definition) is 3. The standard InChI is InChI=1S/C15H19N3O2.ClH/c1-17-6-8-19-13(10-17)15-14-11-4-2-3-5-12(11)16-18(14)7-9-20-15;/h2-5,13,15H,6-10H2,1H3;1H/t13-,15-;/m1./s1. The van der Waals surface area contributed by atoms with Crippen molar-refractivity contribution in [3.05, 3.63) is 30.0 Å². The Kier molecular flexibility index (Phi) is 4.17. The largest absolute Gasteiger partial charge is 1.00 e. The fourth-order valence-corrected chi connectivity index (χ4v) is 3.28. The van der Waals surface area contributed by atoms with Crippen molar-refractivity contribution in [1.82, 2.24) is 9.78 Å². The van der Waals surface area contributed by atoms with Gasteiger partial charge in [0, 0.05) is 5.39 Å². The Hall–Kier alpha value is -1.14. The van der Waals surface area contributed by atoms with Crippen LogP contribution in [0.25, 0.3) is 10.9 Å². The lowest BCUT2D eigenvalue weighted by molar-refractivity contribution is -0.892. The van der Waals surface area contributed by atoms with E-state index in [-0.39, 0.29) is 24.6 Å². The number of quaternary nitrogens is 1. The minimum absolute atomic E-state index is 0. The second kappa shape index (κ2) is 5.93. The van der Waals surface area contributed by atoms with Crippen LogP contribution in [-0.4, -0.2) is 49.2 Å². The summed E-state index contributed by atoms with van der Waals surface area (Å²) >= 11 is 0. The molecule has 2 aliphatic heterocycles. The second-order valence-electron chi connectivity index (χ2n) is 5.74. The fraction of sp³-hybridized carbons (Fsp3) is 0.533. The van der Waals surface area contributed by atoms with Crippen molar-refractivity contribution in [2.24, 2.45) is 0 Å². The summed E-state index contributed by atoms with van der Waals surface area (Å²) in [5.74, 6) is 0. The second-order valence-corrected chi connectivity index (χ2v) is 5.74. The van der Waals surface area contributed by atoms with Crippen LogP contribution in [0.15, 0.2) is 24.3 Å². The first-order chi connectivity index (χ1) is 9.83. The summed E-state index contributed by atoms with van der Waals surface area (Å²) in [6.45, 7) is 4.41. The number of likely N-dealkylation sites (N-methyl/N-ethyl adjacent to an activating group) is 1. The number of aromatic nitrogens is 2. The summed E-state index contributed by atoms with van der Waals surface area (Å²) in [6, 6.07) is 8.30. The smallest absolute Gasteiger partial charge is 0.138 e. The van der Waals surface area contributed by atoms with Gasteiger partial charge in [-0.15, -0.1) is 0 Å². The fourth-order valence-electron chi connectivity index (χ4n) is 3.28. The van der Waals surface area contributed by atoms with Crippen molar-refractivity contribution in [3.8, 4) is 0 Å². The average Bonchev–Trinajstić information content (AvgIpc) is 2.85. The van der Waals surface area contributed by atoms with Gasteiger partial charge in [-0.3, -0.25) is 4.68 Å². The number of hydrogen-bond donors (Lipinski definition) is 1. The van der Waals surface area contributed by atoms with Crippen LogP contribution in [0.4, 0.5) is 0 Å². The predicted molar refractivity (Wildman–Crippen MR) is 74.8 cm³/mol. The van der Waals surface area contributed by atoms with Crippen molar-refractivity contribution < 1.29 is 26.8 Å². The zero-order valence-corrected chi connectivity index (χ0v) is 12.8. The first kappa shape index (κ1) is 14.8.